The van der Waals surface area contributed by atoms with Crippen LogP contribution in [0.25, 0.3) is 0 Å². The van der Waals surface area contributed by atoms with E-state index in [2.05, 4.69) is 0 Å². The average Bonchev–Trinajstić information content (AvgIpc) is 2.46. The predicted octanol–water partition coefficient (Wildman–Crippen LogP) is 2.77. The second kappa shape index (κ2) is 6.04. The number of hydrogen-bond acceptors (Lipinski definition) is 4. The van der Waals surface area contributed by atoms with Gasteiger partial charge in [-0.15, -0.1) is 0 Å². The topological polar surface area (TPSA) is 102 Å². The van der Waals surface area contributed by atoms with Crippen molar-refractivity contribution in [1.29, 1.82) is 5.41 Å². The van der Waals surface area contributed by atoms with Crippen LogP contribution in [0.4, 0.5) is 5.69 Å². The van der Waals surface area contributed by atoms with E-state index in [1.54, 1.807) is 25.1 Å². The van der Waals surface area contributed by atoms with Crippen LogP contribution < -0.4 is 10.5 Å². The number of rotatable bonds is 5. The lowest BCUT2D eigenvalue weighted by atomic mass is 10.1. The largest absolute Gasteiger partial charge is 0.489 e. The Labute approximate surface area is 121 Å². The molecule has 0 heterocycles. The first-order valence-corrected chi connectivity index (χ1v) is 6.28. The number of amidine groups is 1. The number of nitrogen functional groups attached to an aromatic ring is 1. The predicted molar refractivity (Wildman–Crippen MR) is 79.6 cm³/mol. The Kier molecular flexibility index (Phi) is 4.18. The molecular weight excluding hydrogens is 270 g/mol. The molecule has 0 saturated heterocycles. The molecule has 3 N–H and O–H groups in total. The standard InChI is InChI=1S/C15H15N3O3/c1-10-8-13(18(19)20)6-7-14(10)21-9-11-2-4-12(5-3-11)15(16)17/h2-8H,9H2,1H3,(H3,16,17). The van der Waals surface area contributed by atoms with Crippen molar-refractivity contribution in [3.8, 4) is 5.75 Å². The molecule has 2 aromatic carbocycles. The minimum absolute atomic E-state index is 0.0219. The molecule has 0 atom stereocenters. The van der Waals surface area contributed by atoms with Crippen molar-refractivity contribution < 1.29 is 9.66 Å². The van der Waals surface area contributed by atoms with Crippen LogP contribution in [-0.2, 0) is 6.61 Å². The van der Waals surface area contributed by atoms with Crippen molar-refractivity contribution in [2.24, 2.45) is 5.73 Å². The summed E-state index contributed by atoms with van der Waals surface area (Å²) in [6.07, 6.45) is 0. The fraction of sp³-hybridized carbons (Fsp3) is 0.133. The van der Waals surface area contributed by atoms with Crippen molar-refractivity contribution in [1.82, 2.24) is 0 Å². The lowest BCUT2D eigenvalue weighted by Crippen LogP contribution is -2.10. The van der Waals surface area contributed by atoms with E-state index >= 15 is 0 Å². The smallest absolute Gasteiger partial charge is 0.269 e. The van der Waals surface area contributed by atoms with Crippen LogP contribution in [0.3, 0.4) is 0 Å². The van der Waals surface area contributed by atoms with Gasteiger partial charge in [-0.25, -0.2) is 0 Å². The number of hydrogen-bond donors (Lipinski definition) is 2. The highest BCUT2D eigenvalue weighted by atomic mass is 16.6. The summed E-state index contributed by atoms with van der Waals surface area (Å²) in [5, 5.41) is 18.0. The highest BCUT2D eigenvalue weighted by Crippen LogP contribution is 2.24. The summed E-state index contributed by atoms with van der Waals surface area (Å²) in [5.41, 5.74) is 7.73. The summed E-state index contributed by atoms with van der Waals surface area (Å²) in [6.45, 7) is 2.11. The van der Waals surface area contributed by atoms with Crippen molar-refractivity contribution in [3.05, 3.63) is 69.3 Å². The number of nitrogens with two attached hydrogens (primary N) is 1. The first-order chi connectivity index (χ1) is 9.97. The Morgan fingerprint density at radius 2 is 1.95 bits per heavy atom. The van der Waals surface area contributed by atoms with E-state index in [-0.39, 0.29) is 11.5 Å². The van der Waals surface area contributed by atoms with Gasteiger partial charge in [0.2, 0.25) is 0 Å². The van der Waals surface area contributed by atoms with Crippen molar-refractivity contribution in [2.45, 2.75) is 13.5 Å². The molecule has 6 heteroatoms. The summed E-state index contributed by atoms with van der Waals surface area (Å²) in [6, 6.07) is 11.7. The van der Waals surface area contributed by atoms with Gasteiger partial charge in [0.15, 0.2) is 0 Å². The maximum absolute atomic E-state index is 10.7. The van der Waals surface area contributed by atoms with Gasteiger partial charge in [0, 0.05) is 17.7 Å². The first-order valence-electron chi connectivity index (χ1n) is 6.28. The van der Waals surface area contributed by atoms with Gasteiger partial charge in [0.1, 0.15) is 18.2 Å². The number of nitrogens with zero attached hydrogens (tertiary/aromatic N) is 1. The van der Waals surface area contributed by atoms with Crippen LogP contribution in [0, 0.1) is 22.4 Å². The van der Waals surface area contributed by atoms with Gasteiger partial charge >= 0.3 is 0 Å². The summed E-state index contributed by atoms with van der Waals surface area (Å²) in [5.74, 6) is 0.630. The van der Waals surface area contributed by atoms with Gasteiger partial charge in [-0.05, 0) is 24.1 Å². The van der Waals surface area contributed by atoms with E-state index in [0.717, 1.165) is 5.56 Å². The molecule has 2 aromatic rings. The molecule has 0 radical (unpaired) electrons. The third kappa shape index (κ3) is 3.56. The second-order valence-electron chi connectivity index (χ2n) is 4.61. The minimum atomic E-state index is -0.433. The van der Waals surface area contributed by atoms with Crippen LogP contribution >= 0.6 is 0 Å². The molecule has 6 nitrogen and oxygen atoms in total. The molecular formula is C15H15N3O3. The van der Waals surface area contributed by atoms with E-state index in [1.807, 2.05) is 12.1 Å². The normalized spacial score (nSPS) is 10.1. The fourth-order valence-corrected chi connectivity index (χ4v) is 1.85. The summed E-state index contributed by atoms with van der Waals surface area (Å²) in [7, 11) is 0. The van der Waals surface area contributed by atoms with Crippen molar-refractivity contribution in [2.75, 3.05) is 0 Å². The Hall–Kier alpha value is -2.89. The van der Waals surface area contributed by atoms with Gasteiger partial charge in [0.25, 0.3) is 5.69 Å². The van der Waals surface area contributed by atoms with E-state index in [9.17, 15) is 10.1 Å². The molecule has 21 heavy (non-hydrogen) atoms. The van der Waals surface area contributed by atoms with Crippen LogP contribution in [0.1, 0.15) is 16.7 Å². The molecule has 0 aromatic heterocycles. The zero-order valence-electron chi connectivity index (χ0n) is 11.5. The van der Waals surface area contributed by atoms with Crippen LogP contribution in [-0.4, -0.2) is 10.8 Å². The van der Waals surface area contributed by atoms with Crippen molar-refractivity contribution >= 4 is 11.5 Å². The Morgan fingerprint density at radius 1 is 1.29 bits per heavy atom. The number of non-ortho nitro benzene ring substituents is 1. The number of nitrogens with one attached hydrogen (secondary N) is 1. The molecule has 0 aliphatic heterocycles. The maximum atomic E-state index is 10.7. The summed E-state index contributed by atoms with van der Waals surface area (Å²) in [4.78, 5) is 10.2. The molecule has 0 aliphatic rings. The zero-order valence-corrected chi connectivity index (χ0v) is 11.5. The Balaban J connectivity index is 2.06. The minimum Gasteiger partial charge on any atom is -0.489 e. The Bertz CT molecular complexity index is 681. The first kappa shape index (κ1) is 14.5. The van der Waals surface area contributed by atoms with Crippen LogP contribution in [0.5, 0.6) is 5.75 Å². The average molecular weight is 285 g/mol. The quantitative estimate of drug-likeness (QED) is 0.381. The zero-order chi connectivity index (χ0) is 15.4. The number of benzene rings is 2. The van der Waals surface area contributed by atoms with E-state index in [4.69, 9.17) is 15.9 Å². The molecule has 0 bridgehead atoms. The summed E-state index contributed by atoms with van der Waals surface area (Å²) >= 11 is 0. The van der Waals surface area contributed by atoms with Gasteiger partial charge in [-0.1, -0.05) is 24.3 Å². The van der Waals surface area contributed by atoms with Gasteiger partial charge in [0.05, 0.1) is 4.92 Å². The molecule has 0 spiro atoms. The second-order valence-corrected chi connectivity index (χ2v) is 4.61. The molecule has 2 rings (SSSR count). The molecule has 0 unspecified atom stereocenters. The van der Waals surface area contributed by atoms with Gasteiger partial charge < -0.3 is 10.5 Å². The maximum Gasteiger partial charge on any atom is 0.269 e. The number of nitro groups is 1. The SMILES string of the molecule is Cc1cc([N+](=O)[O-])ccc1OCc1ccc(C(=N)N)cc1. The lowest BCUT2D eigenvalue weighted by molar-refractivity contribution is -0.384. The molecule has 0 fully saturated rings. The third-order valence-electron chi connectivity index (χ3n) is 3.03. The van der Waals surface area contributed by atoms with E-state index in [1.165, 1.54) is 12.1 Å². The third-order valence-corrected chi connectivity index (χ3v) is 3.03. The van der Waals surface area contributed by atoms with E-state index < -0.39 is 4.92 Å². The van der Waals surface area contributed by atoms with Crippen LogP contribution in [0.15, 0.2) is 42.5 Å². The summed E-state index contributed by atoms with van der Waals surface area (Å²) < 4.78 is 5.65. The number of nitro benzene ring substituents is 1. The Morgan fingerprint density at radius 3 is 2.48 bits per heavy atom. The van der Waals surface area contributed by atoms with Gasteiger partial charge in [-0.3, -0.25) is 15.5 Å². The molecule has 0 aliphatic carbocycles. The lowest BCUT2D eigenvalue weighted by Gasteiger charge is -2.09. The van der Waals surface area contributed by atoms with E-state index in [0.29, 0.717) is 23.5 Å². The molecule has 0 amide bonds. The number of ether oxygens (including phenoxy) is 1. The number of aryl methyl sites for hydroxylation is 1. The molecule has 0 saturated carbocycles. The fourth-order valence-electron chi connectivity index (χ4n) is 1.85. The molecule has 108 valence electrons. The highest BCUT2D eigenvalue weighted by Gasteiger charge is 2.09. The van der Waals surface area contributed by atoms with Gasteiger partial charge in [-0.2, -0.15) is 0 Å². The van der Waals surface area contributed by atoms with Crippen molar-refractivity contribution in [3.63, 3.8) is 0 Å². The monoisotopic (exact) mass is 285 g/mol. The van der Waals surface area contributed by atoms with Crippen LogP contribution in [0.2, 0.25) is 0 Å². The highest BCUT2D eigenvalue weighted by molar-refractivity contribution is 5.94.